The molecule has 9 heteroatoms. The number of hydrogen-bond donors (Lipinski definition) is 1. The molecular weight excluding hydrogens is 428 g/mol. The lowest BCUT2D eigenvalue weighted by atomic mass is 9.96. The number of urea groups is 1. The van der Waals surface area contributed by atoms with E-state index in [1.807, 2.05) is 18.7 Å². The Morgan fingerprint density at radius 2 is 1.66 bits per heavy atom. The summed E-state index contributed by atoms with van der Waals surface area (Å²) < 4.78 is 27.3. The number of amides is 3. The summed E-state index contributed by atoms with van der Waals surface area (Å²) in [5.74, 6) is 0.125. The second-order valence-corrected chi connectivity index (χ2v) is 10.8. The van der Waals surface area contributed by atoms with Crippen LogP contribution in [0.5, 0.6) is 0 Å². The molecule has 1 atom stereocenters. The molecule has 3 amide bonds. The fourth-order valence-corrected chi connectivity index (χ4v) is 6.09. The highest BCUT2D eigenvalue weighted by Crippen LogP contribution is 2.25. The first-order chi connectivity index (χ1) is 15.3. The second kappa shape index (κ2) is 10.7. The van der Waals surface area contributed by atoms with E-state index in [9.17, 15) is 18.0 Å². The number of nitrogens with zero attached hydrogens (tertiary/aromatic N) is 3. The maximum absolute atomic E-state index is 12.9. The molecule has 2 aliphatic heterocycles. The Bertz CT molecular complexity index is 891. The Morgan fingerprint density at radius 1 is 1.03 bits per heavy atom. The van der Waals surface area contributed by atoms with E-state index in [1.165, 1.54) is 0 Å². The Hall–Kier alpha value is -2.13. The third-order valence-electron chi connectivity index (χ3n) is 6.55. The van der Waals surface area contributed by atoms with Crippen molar-refractivity contribution in [1.82, 2.24) is 14.1 Å². The van der Waals surface area contributed by atoms with E-state index in [-0.39, 0.29) is 22.8 Å². The van der Waals surface area contributed by atoms with Crippen molar-refractivity contribution >= 4 is 27.6 Å². The molecule has 1 N–H and O–H groups in total. The van der Waals surface area contributed by atoms with E-state index in [2.05, 4.69) is 12.2 Å². The van der Waals surface area contributed by atoms with Crippen LogP contribution >= 0.6 is 0 Å². The SMILES string of the molecule is CCN(CC)C(=O)N1CCC(C(=O)Nc2ccc(S(=O)(=O)N3CCCC(C)C3)cc2)CC1. The fourth-order valence-electron chi connectivity index (χ4n) is 4.50. The van der Waals surface area contributed by atoms with Crippen LogP contribution in [-0.4, -0.2) is 73.7 Å². The number of piperidine rings is 2. The van der Waals surface area contributed by atoms with Crippen LogP contribution in [0.25, 0.3) is 0 Å². The first kappa shape index (κ1) is 24.5. The van der Waals surface area contributed by atoms with Crippen molar-refractivity contribution in [2.45, 2.75) is 51.3 Å². The second-order valence-electron chi connectivity index (χ2n) is 8.84. The van der Waals surface area contributed by atoms with Gasteiger partial charge in [-0.2, -0.15) is 4.31 Å². The van der Waals surface area contributed by atoms with Gasteiger partial charge in [0.25, 0.3) is 0 Å². The summed E-state index contributed by atoms with van der Waals surface area (Å²) in [4.78, 5) is 29.0. The van der Waals surface area contributed by atoms with Crippen molar-refractivity contribution in [3.63, 3.8) is 0 Å². The lowest BCUT2D eigenvalue weighted by Gasteiger charge is -2.34. The molecule has 1 unspecified atom stereocenters. The van der Waals surface area contributed by atoms with Gasteiger partial charge in [-0.15, -0.1) is 0 Å². The van der Waals surface area contributed by atoms with Gasteiger partial charge in [0.1, 0.15) is 0 Å². The molecule has 3 rings (SSSR count). The predicted molar refractivity (Wildman–Crippen MR) is 125 cm³/mol. The van der Waals surface area contributed by atoms with Gasteiger partial charge in [0.2, 0.25) is 15.9 Å². The van der Waals surface area contributed by atoms with Crippen LogP contribution in [0.15, 0.2) is 29.2 Å². The van der Waals surface area contributed by atoms with Crippen LogP contribution in [0.4, 0.5) is 10.5 Å². The maximum Gasteiger partial charge on any atom is 0.319 e. The maximum atomic E-state index is 12.9. The van der Waals surface area contributed by atoms with Crippen molar-refractivity contribution < 1.29 is 18.0 Å². The molecule has 0 saturated carbocycles. The highest BCUT2D eigenvalue weighted by Gasteiger charge is 2.30. The lowest BCUT2D eigenvalue weighted by Crippen LogP contribution is -2.47. The molecule has 178 valence electrons. The first-order valence-corrected chi connectivity index (χ1v) is 13.1. The minimum atomic E-state index is -3.51. The quantitative estimate of drug-likeness (QED) is 0.700. The van der Waals surface area contributed by atoms with E-state index in [0.29, 0.717) is 63.7 Å². The highest BCUT2D eigenvalue weighted by atomic mass is 32.2. The summed E-state index contributed by atoms with van der Waals surface area (Å²) in [7, 11) is -3.51. The molecule has 32 heavy (non-hydrogen) atoms. The summed E-state index contributed by atoms with van der Waals surface area (Å²) in [6.07, 6.45) is 3.18. The predicted octanol–water partition coefficient (Wildman–Crippen LogP) is 3.22. The van der Waals surface area contributed by atoms with E-state index >= 15 is 0 Å². The molecule has 0 spiro atoms. The normalized spacial score (nSPS) is 20.7. The van der Waals surface area contributed by atoms with Gasteiger partial charge in [-0.25, -0.2) is 13.2 Å². The lowest BCUT2D eigenvalue weighted by molar-refractivity contribution is -0.121. The van der Waals surface area contributed by atoms with Gasteiger partial charge in [0, 0.05) is 50.9 Å². The molecule has 0 aromatic heterocycles. The summed E-state index contributed by atoms with van der Waals surface area (Å²) in [6.45, 7) is 9.60. The monoisotopic (exact) mass is 464 g/mol. The number of likely N-dealkylation sites (tertiary alicyclic amines) is 1. The highest BCUT2D eigenvalue weighted by molar-refractivity contribution is 7.89. The van der Waals surface area contributed by atoms with E-state index in [1.54, 1.807) is 33.5 Å². The van der Waals surface area contributed by atoms with Crippen LogP contribution in [-0.2, 0) is 14.8 Å². The van der Waals surface area contributed by atoms with Gasteiger partial charge in [-0.1, -0.05) is 6.92 Å². The minimum absolute atomic E-state index is 0.0359. The third-order valence-corrected chi connectivity index (χ3v) is 8.43. The molecule has 1 aromatic carbocycles. The molecule has 0 radical (unpaired) electrons. The first-order valence-electron chi connectivity index (χ1n) is 11.7. The number of nitrogens with one attached hydrogen (secondary N) is 1. The van der Waals surface area contributed by atoms with E-state index < -0.39 is 10.0 Å². The zero-order chi connectivity index (χ0) is 23.3. The topological polar surface area (TPSA) is 90.0 Å². The Kier molecular flexibility index (Phi) is 8.16. The molecule has 1 aromatic rings. The largest absolute Gasteiger partial charge is 0.326 e. The summed E-state index contributed by atoms with van der Waals surface area (Å²) in [6, 6.07) is 6.47. The Labute approximate surface area is 192 Å². The van der Waals surface area contributed by atoms with Gasteiger partial charge in [-0.05, 0) is 69.7 Å². The van der Waals surface area contributed by atoms with Crippen molar-refractivity contribution in [3.8, 4) is 0 Å². The standard InChI is InChI=1S/C23H36N4O4S/c1-4-25(5-2)23(29)26-15-12-19(13-16-26)22(28)24-20-8-10-21(11-9-20)32(30,31)27-14-6-7-18(3)17-27/h8-11,18-19H,4-7,12-17H2,1-3H3,(H,24,28). The van der Waals surface area contributed by atoms with Crippen molar-refractivity contribution in [3.05, 3.63) is 24.3 Å². The van der Waals surface area contributed by atoms with Gasteiger partial charge >= 0.3 is 6.03 Å². The van der Waals surface area contributed by atoms with Crippen LogP contribution in [0.3, 0.4) is 0 Å². The van der Waals surface area contributed by atoms with Crippen LogP contribution in [0, 0.1) is 11.8 Å². The number of benzene rings is 1. The van der Waals surface area contributed by atoms with Crippen molar-refractivity contribution in [1.29, 1.82) is 0 Å². The van der Waals surface area contributed by atoms with E-state index in [4.69, 9.17) is 0 Å². The third kappa shape index (κ3) is 5.61. The molecule has 2 saturated heterocycles. The number of rotatable bonds is 6. The smallest absolute Gasteiger partial charge is 0.319 e. The zero-order valence-corrected chi connectivity index (χ0v) is 20.2. The molecule has 8 nitrogen and oxygen atoms in total. The number of sulfonamides is 1. The zero-order valence-electron chi connectivity index (χ0n) is 19.4. The number of carbonyl (C=O) groups excluding carboxylic acids is 2. The van der Waals surface area contributed by atoms with Crippen LogP contribution in [0.1, 0.15) is 46.5 Å². The number of hydrogen-bond acceptors (Lipinski definition) is 4. The number of carbonyl (C=O) groups is 2. The van der Waals surface area contributed by atoms with Gasteiger partial charge in [0.15, 0.2) is 0 Å². The van der Waals surface area contributed by atoms with Gasteiger partial charge in [0.05, 0.1) is 4.90 Å². The number of anilines is 1. The van der Waals surface area contributed by atoms with Crippen LogP contribution in [0.2, 0.25) is 0 Å². The molecule has 2 aliphatic rings. The van der Waals surface area contributed by atoms with Crippen molar-refractivity contribution in [2.75, 3.05) is 44.6 Å². The minimum Gasteiger partial charge on any atom is -0.326 e. The molecular formula is C23H36N4O4S. The fraction of sp³-hybridized carbons (Fsp3) is 0.652. The molecule has 0 bridgehead atoms. The molecule has 2 fully saturated rings. The van der Waals surface area contributed by atoms with E-state index in [0.717, 1.165) is 12.8 Å². The van der Waals surface area contributed by atoms with Gasteiger partial charge < -0.3 is 15.1 Å². The summed E-state index contributed by atoms with van der Waals surface area (Å²) >= 11 is 0. The van der Waals surface area contributed by atoms with Crippen LogP contribution < -0.4 is 5.32 Å². The van der Waals surface area contributed by atoms with Gasteiger partial charge in [-0.3, -0.25) is 4.79 Å². The molecule has 0 aliphatic carbocycles. The Morgan fingerprint density at radius 3 is 2.22 bits per heavy atom. The Balaban J connectivity index is 1.55. The molecule has 2 heterocycles. The summed E-state index contributed by atoms with van der Waals surface area (Å²) in [5.41, 5.74) is 0.586. The average molecular weight is 465 g/mol. The summed E-state index contributed by atoms with van der Waals surface area (Å²) in [5, 5.41) is 2.90. The van der Waals surface area contributed by atoms with Crippen molar-refractivity contribution in [2.24, 2.45) is 11.8 Å². The average Bonchev–Trinajstić information content (AvgIpc) is 2.80.